The molecule has 0 unspecified atom stereocenters. The van der Waals surface area contributed by atoms with E-state index in [1.54, 1.807) is 0 Å². The monoisotopic (exact) mass is 260 g/mol. The fourth-order valence-electron chi connectivity index (χ4n) is 1.99. The van der Waals surface area contributed by atoms with E-state index in [1.807, 2.05) is 31.2 Å². The number of carbonyl (C=O) groups excluding carboxylic acids is 1. The minimum Gasteiger partial charge on any atom is -0.396 e. The summed E-state index contributed by atoms with van der Waals surface area (Å²) < 4.78 is 0. The smallest absolute Gasteiger partial charge is 0.251 e. The average molecular weight is 260 g/mol. The van der Waals surface area contributed by atoms with Crippen LogP contribution in [-0.4, -0.2) is 30.7 Å². The van der Waals surface area contributed by atoms with Gasteiger partial charge in [0.25, 0.3) is 5.91 Å². The molecule has 0 aromatic heterocycles. The lowest BCUT2D eigenvalue weighted by Gasteiger charge is -2.21. The van der Waals surface area contributed by atoms with Crippen LogP contribution >= 0.6 is 0 Å². The Labute approximate surface area is 113 Å². The number of aliphatic hydroxyl groups excluding tert-OH is 1. The molecule has 0 bridgehead atoms. The van der Waals surface area contributed by atoms with Gasteiger partial charge in [-0.15, -0.1) is 0 Å². The number of aryl methyl sites for hydroxylation is 1. The number of hydrogen-bond donors (Lipinski definition) is 3. The molecule has 0 radical (unpaired) electrons. The van der Waals surface area contributed by atoms with Crippen LogP contribution < -0.4 is 10.6 Å². The Bertz CT molecular complexity index is 489. The van der Waals surface area contributed by atoms with Crippen LogP contribution in [0.15, 0.2) is 35.4 Å². The van der Waals surface area contributed by atoms with Crippen LogP contribution in [0.2, 0.25) is 0 Å². The predicted octanol–water partition coefficient (Wildman–Crippen LogP) is 1.47. The van der Waals surface area contributed by atoms with Gasteiger partial charge in [0.15, 0.2) is 0 Å². The van der Waals surface area contributed by atoms with Crippen molar-refractivity contribution >= 4 is 11.6 Å². The van der Waals surface area contributed by atoms with Gasteiger partial charge >= 0.3 is 0 Å². The Morgan fingerprint density at radius 2 is 2.21 bits per heavy atom. The zero-order valence-electron chi connectivity index (χ0n) is 11.2. The molecule has 1 saturated heterocycles. The van der Waals surface area contributed by atoms with Crippen molar-refractivity contribution in [3.63, 3.8) is 0 Å². The molecule has 0 saturated carbocycles. The fourth-order valence-corrected chi connectivity index (χ4v) is 1.99. The highest BCUT2D eigenvalue weighted by atomic mass is 16.2. The number of benzene rings is 1. The highest BCUT2D eigenvalue weighted by Crippen LogP contribution is 2.15. The summed E-state index contributed by atoms with van der Waals surface area (Å²) in [6.45, 7) is 3.68. The van der Waals surface area contributed by atoms with E-state index in [1.165, 1.54) is 5.57 Å². The van der Waals surface area contributed by atoms with E-state index >= 15 is 0 Å². The van der Waals surface area contributed by atoms with Crippen molar-refractivity contribution < 1.29 is 9.90 Å². The molecule has 1 aliphatic heterocycles. The minimum absolute atomic E-state index is 0.0317. The second-order valence-electron chi connectivity index (χ2n) is 4.81. The lowest BCUT2D eigenvalue weighted by atomic mass is 10.0. The lowest BCUT2D eigenvalue weighted by Crippen LogP contribution is -2.36. The summed E-state index contributed by atoms with van der Waals surface area (Å²) >= 11 is 0. The topological polar surface area (TPSA) is 61.4 Å². The second-order valence-corrected chi connectivity index (χ2v) is 4.81. The van der Waals surface area contributed by atoms with Crippen LogP contribution in [0.5, 0.6) is 0 Å². The molecule has 4 heteroatoms. The van der Waals surface area contributed by atoms with Crippen molar-refractivity contribution in [1.29, 1.82) is 0 Å². The normalized spacial score (nSPS) is 13.9. The number of rotatable bonds is 5. The summed E-state index contributed by atoms with van der Waals surface area (Å²) in [6, 6.07) is 7.78. The maximum Gasteiger partial charge on any atom is 0.251 e. The Hall–Kier alpha value is -1.65. The first-order chi connectivity index (χ1) is 9.20. The molecule has 3 N–H and O–H groups in total. The molecule has 102 valence electrons. The molecule has 0 aliphatic carbocycles. The van der Waals surface area contributed by atoms with Crippen LogP contribution in [0.25, 0.3) is 0 Å². The standard InChI is InChI=1S/C15H20N2O2/c1-11(13-9-16-10-13)15(19)17-14-6-2-4-12(8-14)5-3-7-18/h2,4,6,8,16,18H,3,5,7,9-10H2,1H3,(H,17,19). The maximum atomic E-state index is 12.0. The molecule has 4 nitrogen and oxygen atoms in total. The van der Waals surface area contributed by atoms with Gasteiger partial charge in [0.2, 0.25) is 0 Å². The van der Waals surface area contributed by atoms with Crippen LogP contribution in [0, 0.1) is 0 Å². The molecule has 2 rings (SSSR count). The quantitative estimate of drug-likeness (QED) is 0.703. The van der Waals surface area contributed by atoms with E-state index < -0.39 is 0 Å². The third-order valence-electron chi connectivity index (χ3n) is 3.36. The zero-order valence-corrected chi connectivity index (χ0v) is 11.2. The van der Waals surface area contributed by atoms with Crippen molar-refractivity contribution in [1.82, 2.24) is 5.32 Å². The number of carbonyl (C=O) groups is 1. The first-order valence-corrected chi connectivity index (χ1v) is 6.61. The van der Waals surface area contributed by atoms with E-state index in [9.17, 15) is 4.79 Å². The van der Waals surface area contributed by atoms with Crippen LogP contribution in [0.1, 0.15) is 18.9 Å². The van der Waals surface area contributed by atoms with Crippen molar-refractivity contribution in [3.8, 4) is 0 Å². The van der Waals surface area contributed by atoms with E-state index in [0.717, 1.165) is 42.8 Å². The molecule has 1 amide bonds. The molecule has 1 aliphatic rings. The first-order valence-electron chi connectivity index (χ1n) is 6.61. The molecule has 1 aromatic carbocycles. The van der Waals surface area contributed by atoms with E-state index in [2.05, 4.69) is 10.6 Å². The van der Waals surface area contributed by atoms with Crippen molar-refractivity contribution in [2.75, 3.05) is 25.0 Å². The van der Waals surface area contributed by atoms with Gasteiger partial charge in [-0.25, -0.2) is 0 Å². The summed E-state index contributed by atoms with van der Waals surface area (Å²) in [5, 5.41) is 14.9. The second kappa shape index (κ2) is 6.50. The van der Waals surface area contributed by atoms with Crippen LogP contribution in [0.4, 0.5) is 5.69 Å². The van der Waals surface area contributed by atoms with Crippen molar-refractivity contribution in [3.05, 3.63) is 41.0 Å². The SMILES string of the molecule is CC(C(=O)Nc1cccc(CCCO)c1)=C1CNC1. The summed E-state index contributed by atoms with van der Waals surface area (Å²) in [6.07, 6.45) is 1.57. The van der Waals surface area contributed by atoms with Crippen molar-refractivity contribution in [2.45, 2.75) is 19.8 Å². The maximum absolute atomic E-state index is 12.0. The van der Waals surface area contributed by atoms with E-state index in [-0.39, 0.29) is 12.5 Å². The highest BCUT2D eigenvalue weighted by Gasteiger charge is 2.15. The number of hydrogen-bond acceptors (Lipinski definition) is 3. The van der Waals surface area contributed by atoms with Gasteiger partial charge in [-0.05, 0) is 43.0 Å². The van der Waals surface area contributed by atoms with E-state index in [4.69, 9.17) is 5.11 Å². The third kappa shape index (κ3) is 3.66. The summed E-state index contributed by atoms with van der Waals surface area (Å²) in [5.41, 5.74) is 3.92. The molecular weight excluding hydrogens is 240 g/mol. The Morgan fingerprint density at radius 3 is 2.84 bits per heavy atom. The fraction of sp³-hybridized carbons (Fsp3) is 0.400. The molecular formula is C15H20N2O2. The summed E-state index contributed by atoms with van der Waals surface area (Å²) in [4.78, 5) is 12.0. The van der Waals surface area contributed by atoms with Crippen LogP contribution in [0.3, 0.4) is 0 Å². The van der Waals surface area contributed by atoms with Gasteiger partial charge in [-0.3, -0.25) is 4.79 Å². The Balaban J connectivity index is 2.00. The predicted molar refractivity (Wildman–Crippen MR) is 76.0 cm³/mol. The van der Waals surface area contributed by atoms with Crippen molar-refractivity contribution in [2.24, 2.45) is 0 Å². The number of aliphatic hydroxyl groups is 1. The van der Waals surface area contributed by atoms with Gasteiger partial charge in [-0.2, -0.15) is 0 Å². The average Bonchev–Trinajstić information content (AvgIpc) is 2.34. The first kappa shape index (κ1) is 13.8. The minimum atomic E-state index is -0.0317. The number of amides is 1. The third-order valence-corrected chi connectivity index (χ3v) is 3.36. The summed E-state index contributed by atoms with van der Waals surface area (Å²) in [7, 11) is 0. The largest absolute Gasteiger partial charge is 0.396 e. The Kier molecular flexibility index (Phi) is 4.71. The van der Waals surface area contributed by atoms with Crippen LogP contribution in [-0.2, 0) is 11.2 Å². The molecule has 1 fully saturated rings. The van der Waals surface area contributed by atoms with E-state index in [0.29, 0.717) is 0 Å². The number of anilines is 1. The van der Waals surface area contributed by atoms with Gasteiger partial charge in [-0.1, -0.05) is 12.1 Å². The summed E-state index contributed by atoms with van der Waals surface area (Å²) in [5.74, 6) is -0.0317. The molecule has 1 aromatic rings. The van der Waals surface area contributed by atoms with Gasteiger partial charge < -0.3 is 15.7 Å². The lowest BCUT2D eigenvalue weighted by molar-refractivity contribution is -0.112. The molecule has 0 atom stereocenters. The molecule has 1 heterocycles. The van der Waals surface area contributed by atoms with Gasteiger partial charge in [0.1, 0.15) is 0 Å². The molecule has 19 heavy (non-hydrogen) atoms. The van der Waals surface area contributed by atoms with Gasteiger partial charge in [0, 0.05) is 31.0 Å². The highest BCUT2D eigenvalue weighted by molar-refractivity contribution is 6.04. The number of nitrogens with one attached hydrogen (secondary N) is 2. The Morgan fingerprint density at radius 1 is 1.42 bits per heavy atom. The molecule has 0 spiro atoms. The van der Waals surface area contributed by atoms with Gasteiger partial charge in [0.05, 0.1) is 0 Å². The zero-order chi connectivity index (χ0) is 13.7.